The zero-order chi connectivity index (χ0) is 14.0. The Morgan fingerprint density at radius 1 is 1.37 bits per heavy atom. The Balaban J connectivity index is 2.23. The number of nitrogens with zero attached hydrogens (tertiary/aromatic N) is 1. The van der Waals surface area contributed by atoms with Gasteiger partial charge in [0.1, 0.15) is 0 Å². The van der Waals surface area contributed by atoms with Crippen molar-refractivity contribution in [2.75, 3.05) is 4.90 Å². The van der Waals surface area contributed by atoms with Crippen LogP contribution in [0.15, 0.2) is 18.2 Å². The Morgan fingerprint density at radius 3 is 2.68 bits per heavy atom. The molecule has 1 fully saturated rings. The molecule has 0 saturated carbocycles. The summed E-state index contributed by atoms with van der Waals surface area (Å²) >= 11 is 0. The molecule has 106 valence electrons. The second-order valence-corrected chi connectivity index (χ2v) is 6.19. The van der Waals surface area contributed by atoms with Gasteiger partial charge in [0, 0.05) is 23.8 Å². The molecular formula is C17H28N2. The Morgan fingerprint density at radius 2 is 2.11 bits per heavy atom. The number of nitrogens with two attached hydrogens (primary N) is 1. The van der Waals surface area contributed by atoms with Crippen LogP contribution in [0, 0.1) is 6.92 Å². The molecule has 2 heteroatoms. The molecule has 0 aromatic heterocycles. The molecule has 0 bridgehead atoms. The molecule has 1 heterocycles. The third-order valence-corrected chi connectivity index (χ3v) is 4.42. The van der Waals surface area contributed by atoms with Crippen LogP contribution in [-0.4, -0.2) is 18.1 Å². The van der Waals surface area contributed by atoms with Gasteiger partial charge in [0.2, 0.25) is 0 Å². The highest BCUT2D eigenvalue weighted by molar-refractivity contribution is 5.53. The number of anilines is 1. The van der Waals surface area contributed by atoms with Crippen LogP contribution < -0.4 is 10.6 Å². The molecule has 0 spiro atoms. The van der Waals surface area contributed by atoms with Crippen molar-refractivity contribution in [2.45, 2.75) is 71.5 Å². The molecule has 3 unspecified atom stereocenters. The highest BCUT2D eigenvalue weighted by Crippen LogP contribution is 2.33. The first-order chi connectivity index (χ1) is 9.02. The smallest absolute Gasteiger partial charge is 0.0373 e. The normalized spacial score (nSPS) is 24.8. The summed E-state index contributed by atoms with van der Waals surface area (Å²) < 4.78 is 0. The van der Waals surface area contributed by atoms with Crippen molar-refractivity contribution in [1.82, 2.24) is 0 Å². The molecule has 1 aromatic carbocycles. The highest BCUT2D eigenvalue weighted by atomic mass is 15.2. The number of hydrogen-bond acceptors (Lipinski definition) is 2. The summed E-state index contributed by atoms with van der Waals surface area (Å²) in [4.78, 5) is 2.61. The van der Waals surface area contributed by atoms with Crippen molar-refractivity contribution in [3.8, 4) is 0 Å². The first-order valence-electron chi connectivity index (χ1n) is 7.66. The van der Waals surface area contributed by atoms with Gasteiger partial charge in [0.15, 0.2) is 0 Å². The van der Waals surface area contributed by atoms with Crippen LogP contribution >= 0.6 is 0 Å². The summed E-state index contributed by atoms with van der Waals surface area (Å²) in [5.41, 5.74) is 10.1. The van der Waals surface area contributed by atoms with Gasteiger partial charge in [-0.1, -0.05) is 13.0 Å². The van der Waals surface area contributed by atoms with Gasteiger partial charge in [-0.05, 0) is 69.7 Å². The van der Waals surface area contributed by atoms with Gasteiger partial charge in [-0.3, -0.25) is 0 Å². The van der Waals surface area contributed by atoms with E-state index in [1.54, 1.807) is 0 Å². The Hall–Kier alpha value is -1.02. The minimum atomic E-state index is 0.235. The summed E-state index contributed by atoms with van der Waals surface area (Å²) in [6.45, 7) is 8.93. The number of hydrogen-bond donors (Lipinski definition) is 1. The van der Waals surface area contributed by atoms with E-state index in [2.05, 4.69) is 50.8 Å². The quantitative estimate of drug-likeness (QED) is 0.895. The second kappa shape index (κ2) is 5.96. The molecule has 1 aromatic rings. The zero-order valence-electron chi connectivity index (χ0n) is 12.8. The van der Waals surface area contributed by atoms with Gasteiger partial charge in [-0.15, -0.1) is 0 Å². The van der Waals surface area contributed by atoms with Gasteiger partial charge in [0.25, 0.3) is 0 Å². The summed E-state index contributed by atoms with van der Waals surface area (Å²) in [5, 5.41) is 0. The van der Waals surface area contributed by atoms with Crippen LogP contribution in [0.3, 0.4) is 0 Å². The molecule has 0 radical (unpaired) electrons. The van der Waals surface area contributed by atoms with Crippen LogP contribution in [0.4, 0.5) is 5.69 Å². The summed E-state index contributed by atoms with van der Waals surface area (Å²) in [7, 11) is 0. The van der Waals surface area contributed by atoms with E-state index in [1.807, 2.05) is 0 Å². The van der Waals surface area contributed by atoms with Crippen LogP contribution in [0.5, 0.6) is 0 Å². The lowest BCUT2D eigenvalue weighted by molar-refractivity contribution is 0.627. The fourth-order valence-electron chi connectivity index (χ4n) is 3.35. The van der Waals surface area contributed by atoms with Crippen molar-refractivity contribution in [3.63, 3.8) is 0 Å². The molecule has 0 aliphatic carbocycles. The van der Waals surface area contributed by atoms with E-state index < -0.39 is 0 Å². The van der Waals surface area contributed by atoms with E-state index in [4.69, 9.17) is 5.73 Å². The lowest BCUT2D eigenvalue weighted by Gasteiger charge is -2.31. The largest absolute Gasteiger partial charge is 0.366 e. The molecule has 19 heavy (non-hydrogen) atoms. The lowest BCUT2D eigenvalue weighted by atomic mass is 10.0. The average Bonchev–Trinajstić information content (AvgIpc) is 2.72. The lowest BCUT2D eigenvalue weighted by Crippen LogP contribution is -2.34. The monoisotopic (exact) mass is 260 g/mol. The van der Waals surface area contributed by atoms with E-state index in [1.165, 1.54) is 36.1 Å². The maximum atomic E-state index is 5.91. The van der Waals surface area contributed by atoms with E-state index in [0.717, 1.165) is 6.42 Å². The van der Waals surface area contributed by atoms with Gasteiger partial charge in [-0.25, -0.2) is 0 Å². The van der Waals surface area contributed by atoms with Crippen LogP contribution in [0.25, 0.3) is 0 Å². The minimum absolute atomic E-state index is 0.235. The Bertz CT molecular complexity index is 425. The average molecular weight is 260 g/mol. The van der Waals surface area contributed by atoms with Gasteiger partial charge in [-0.2, -0.15) is 0 Å². The number of aryl methyl sites for hydroxylation is 1. The van der Waals surface area contributed by atoms with E-state index in [9.17, 15) is 0 Å². The molecule has 3 atom stereocenters. The summed E-state index contributed by atoms with van der Waals surface area (Å²) in [5.74, 6) is 0. The second-order valence-electron chi connectivity index (χ2n) is 6.19. The third kappa shape index (κ3) is 3.11. The van der Waals surface area contributed by atoms with Crippen molar-refractivity contribution >= 4 is 5.69 Å². The van der Waals surface area contributed by atoms with Crippen molar-refractivity contribution in [3.05, 3.63) is 29.3 Å². The third-order valence-electron chi connectivity index (χ3n) is 4.42. The fourth-order valence-corrected chi connectivity index (χ4v) is 3.35. The summed E-state index contributed by atoms with van der Waals surface area (Å²) in [6, 6.07) is 8.53. The van der Waals surface area contributed by atoms with E-state index in [-0.39, 0.29) is 6.04 Å². The van der Waals surface area contributed by atoms with Crippen LogP contribution in [0.2, 0.25) is 0 Å². The maximum absolute atomic E-state index is 5.91. The topological polar surface area (TPSA) is 29.3 Å². The van der Waals surface area contributed by atoms with Crippen molar-refractivity contribution in [2.24, 2.45) is 5.73 Å². The molecule has 1 aliphatic rings. The molecule has 2 rings (SSSR count). The molecule has 1 saturated heterocycles. The number of benzene rings is 1. The Labute approximate surface area is 118 Å². The first-order valence-corrected chi connectivity index (χ1v) is 7.66. The predicted octanol–water partition coefficient (Wildman–Crippen LogP) is 3.65. The highest BCUT2D eigenvalue weighted by Gasteiger charge is 2.29. The van der Waals surface area contributed by atoms with Crippen molar-refractivity contribution < 1.29 is 0 Å². The van der Waals surface area contributed by atoms with Gasteiger partial charge in [0.05, 0.1) is 0 Å². The SMILES string of the molecule is CCC1CCC(C)N1c1ccc(CC(C)N)c(C)c1. The fraction of sp³-hybridized carbons (Fsp3) is 0.647. The first kappa shape index (κ1) is 14.4. The van der Waals surface area contributed by atoms with Crippen molar-refractivity contribution in [1.29, 1.82) is 0 Å². The molecular weight excluding hydrogens is 232 g/mol. The zero-order valence-corrected chi connectivity index (χ0v) is 12.8. The predicted molar refractivity (Wildman–Crippen MR) is 83.8 cm³/mol. The Kier molecular flexibility index (Phi) is 4.51. The molecule has 2 N–H and O–H groups in total. The van der Waals surface area contributed by atoms with Gasteiger partial charge >= 0.3 is 0 Å². The van der Waals surface area contributed by atoms with E-state index >= 15 is 0 Å². The maximum Gasteiger partial charge on any atom is 0.0373 e. The van der Waals surface area contributed by atoms with E-state index in [0.29, 0.717) is 12.1 Å². The molecule has 1 aliphatic heterocycles. The molecule has 0 amide bonds. The molecule has 2 nitrogen and oxygen atoms in total. The van der Waals surface area contributed by atoms with Crippen LogP contribution in [-0.2, 0) is 6.42 Å². The van der Waals surface area contributed by atoms with Crippen LogP contribution in [0.1, 0.15) is 51.2 Å². The minimum Gasteiger partial charge on any atom is -0.366 e. The summed E-state index contributed by atoms with van der Waals surface area (Å²) in [6.07, 6.45) is 4.86. The number of rotatable bonds is 4. The van der Waals surface area contributed by atoms with Gasteiger partial charge < -0.3 is 10.6 Å². The standard InChI is InChI=1S/C17H28N2/c1-5-16-8-6-14(4)19(16)17-9-7-15(11-13(3)18)12(2)10-17/h7,9-10,13-14,16H,5-6,8,11,18H2,1-4H3.